The highest BCUT2D eigenvalue weighted by atomic mass is 79.9. The Morgan fingerprint density at radius 1 is 1.12 bits per heavy atom. The quantitative estimate of drug-likeness (QED) is 0.424. The molecule has 0 atom stereocenters. The van der Waals surface area contributed by atoms with Crippen LogP contribution in [-0.4, -0.2) is 19.9 Å². The first kappa shape index (κ1) is 18.3. The Labute approximate surface area is 164 Å². The molecule has 0 saturated heterocycles. The number of hydrogen-bond donors (Lipinski definition) is 2. The Kier molecular flexibility index (Phi) is 5.75. The second kappa shape index (κ2) is 7.84. The van der Waals surface area contributed by atoms with E-state index in [-0.39, 0.29) is 11.1 Å². The number of H-pyrrole nitrogens is 2. The van der Waals surface area contributed by atoms with Gasteiger partial charge in [-0.15, -0.1) is 0 Å². The molecule has 2 N–H and O–H groups in total. The van der Waals surface area contributed by atoms with Crippen molar-refractivity contribution in [3.05, 3.63) is 59.4 Å². The number of aryl methyl sites for hydroxylation is 1. The topological polar surface area (TPSA) is 91.5 Å². The number of thioether (sulfide) groups is 1. The van der Waals surface area contributed by atoms with Gasteiger partial charge in [-0.3, -0.25) is 9.59 Å². The zero-order valence-corrected chi connectivity index (χ0v) is 17.2. The Morgan fingerprint density at radius 3 is 2.68 bits per heavy atom. The average Bonchev–Trinajstić information content (AvgIpc) is 2.54. The molecule has 9 heteroatoms. The van der Waals surface area contributed by atoms with E-state index in [9.17, 15) is 9.59 Å². The summed E-state index contributed by atoms with van der Waals surface area (Å²) in [6, 6.07) is 5.09. The second-order valence-electron chi connectivity index (χ2n) is 5.38. The van der Waals surface area contributed by atoms with E-state index in [4.69, 9.17) is 0 Å². The Hall–Kier alpha value is -1.45. The third-order valence-electron chi connectivity index (χ3n) is 3.40. The van der Waals surface area contributed by atoms with Gasteiger partial charge < -0.3 is 9.97 Å². The Morgan fingerprint density at radius 2 is 1.92 bits per heavy atom. The minimum atomic E-state index is -0.205. The summed E-state index contributed by atoms with van der Waals surface area (Å²) in [5.41, 5.74) is 0.988. The van der Waals surface area contributed by atoms with Gasteiger partial charge >= 0.3 is 0 Å². The van der Waals surface area contributed by atoms with Crippen molar-refractivity contribution < 1.29 is 0 Å². The van der Waals surface area contributed by atoms with E-state index in [2.05, 4.69) is 51.8 Å². The lowest BCUT2D eigenvalue weighted by Gasteiger charge is -2.06. The molecule has 0 bridgehead atoms. The molecule has 0 amide bonds. The SMILES string of the molecule is CCCc1cc(=O)[nH]c(SCc2nc3c(Br)cc(Br)cc3c(=O)[nH]2)n1. The monoisotopic (exact) mass is 484 g/mol. The fourth-order valence-electron chi connectivity index (χ4n) is 2.36. The van der Waals surface area contributed by atoms with Crippen LogP contribution >= 0.6 is 43.6 Å². The predicted molar refractivity (Wildman–Crippen MR) is 106 cm³/mol. The molecule has 0 spiro atoms. The minimum Gasteiger partial charge on any atom is -0.309 e. The van der Waals surface area contributed by atoms with Crippen LogP contribution < -0.4 is 11.1 Å². The molecule has 0 saturated carbocycles. The molecular weight excluding hydrogens is 472 g/mol. The zero-order valence-electron chi connectivity index (χ0n) is 13.2. The number of hydrogen-bond acceptors (Lipinski definition) is 5. The fourth-order valence-corrected chi connectivity index (χ4v) is 4.43. The van der Waals surface area contributed by atoms with Crippen molar-refractivity contribution in [3.8, 4) is 0 Å². The number of rotatable bonds is 5. The van der Waals surface area contributed by atoms with Gasteiger partial charge in [-0.25, -0.2) is 9.97 Å². The highest BCUT2D eigenvalue weighted by molar-refractivity contribution is 9.11. The summed E-state index contributed by atoms with van der Waals surface area (Å²) in [5, 5.41) is 1.03. The number of benzene rings is 1. The maximum absolute atomic E-state index is 12.3. The van der Waals surface area contributed by atoms with Crippen LogP contribution in [0, 0.1) is 0 Å². The van der Waals surface area contributed by atoms with Gasteiger partial charge in [0.15, 0.2) is 5.16 Å². The molecule has 6 nitrogen and oxygen atoms in total. The van der Waals surface area contributed by atoms with E-state index in [1.807, 2.05) is 13.0 Å². The number of aromatic amines is 2. The standard InChI is InChI=1S/C16H14Br2N4O2S/c1-2-3-9-6-13(23)22-16(19-9)25-7-12-20-14-10(15(24)21-12)4-8(17)5-11(14)18/h4-6H,2-3,7H2,1H3,(H,19,22,23)(H,20,21,24). The van der Waals surface area contributed by atoms with Crippen LogP contribution in [0.15, 0.2) is 41.9 Å². The van der Waals surface area contributed by atoms with Crippen LogP contribution in [0.5, 0.6) is 0 Å². The first-order valence-corrected chi connectivity index (χ1v) is 10.1. The van der Waals surface area contributed by atoms with Gasteiger partial charge in [0.2, 0.25) is 0 Å². The molecule has 25 heavy (non-hydrogen) atoms. The van der Waals surface area contributed by atoms with E-state index in [1.165, 1.54) is 17.8 Å². The molecule has 3 aromatic rings. The molecule has 0 fully saturated rings. The molecule has 130 valence electrons. The number of aromatic nitrogens is 4. The van der Waals surface area contributed by atoms with Gasteiger partial charge in [0.25, 0.3) is 11.1 Å². The normalized spacial score (nSPS) is 11.2. The van der Waals surface area contributed by atoms with Crippen LogP contribution in [0.2, 0.25) is 0 Å². The third-order valence-corrected chi connectivity index (χ3v) is 5.35. The number of nitrogens with one attached hydrogen (secondary N) is 2. The largest absolute Gasteiger partial charge is 0.309 e. The molecule has 2 aromatic heterocycles. The van der Waals surface area contributed by atoms with Crippen LogP contribution in [0.3, 0.4) is 0 Å². The van der Waals surface area contributed by atoms with Gasteiger partial charge in [-0.2, -0.15) is 0 Å². The van der Waals surface area contributed by atoms with Crippen molar-refractivity contribution in [2.45, 2.75) is 30.7 Å². The van der Waals surface area contributed by atoms with Crippen molar-refractivity contribution in [2.24, 2.45) is 0 Å². The molecule has 1 aromatic carbocycles. The maximum Gasteiger partial charge on any atom is 0.258 e. The van der Waals surface area contributed by atoms with Crippen LogP contribution in [0.1, 0.15) is 24.9 Å². The third kappa shape index (κ3) is 4.39. The molecule has 0 aliphatic carbocycles. The summed E-state index contributed by atoms with van der Waals surface area (Å²) in [4.78, 5) is 38.4. The molecule has 0 radical (unpaired) electrons. The van der Waals surface area contributed by atoms with E-state index in [1.54, 1.807) is 6.07 Å². The van der Waals surface area contributed by atoms with Crippen LogP contribution in [0.4, 0.5) is 0 Å². The summed E-state index contributed by atoms with van der Waals surface area (Å²) in [6.07, 6.45) is 1.67. The van der Waals surface area contributed by atoms with Crippen molar-refractivity contribution in [3.63, 3.8) is 0 Å². The molecule has 0 aliphatic rings. The predicted octanol–water partition coefficient (Wildman–Crippen LogP) is 3.78. The lowest BCUT2D eigenvalue weighted by atomic mass is 10.2. The summed E-state index contributed by atoms with van der Waals surface area (Å²) in [6.45, 7) is 2.04. The van der Waals surface area contributed by atoms with Gasteiger partial charge in [0, 0.05) is 20.7 Å². The summed E-state index contributed by atoms with van der Waals surface area (Å²) >= 11 is 8.13. The van der Waals surface area contributed by atoms with Gasteiger partial charge in [-0.05, 0) is 34.5 Å². The fraction of sp³-hybridized carbons (Fsp3) is 0.250. The smallest absolute Gasteiger partial charge is 0.258 e. The van der Waals surface area contributed by atoms with Gasteiger partial charge in [-0.1, -0.05) is 41.0 Å². The van der Waals surface area contributed by atoms with Gasteiger partial charge in [0.1, 0.15) is 5.82 Å². The van der Waals surface area contributed by atoms with Crippen molar-refractivity contribution in [1.29, 1.82) is 0 Å². The van der Waals surface area contributed by atoms with E-state index >= 15 is 0 Å². The van der Waals surface area contributed by atoms with Crippen molar-refractivity contribution >= 4 is 54.5 Å². The Balaban J connectivity index is 1.89. The molecule has 0 unspecified atom stereocenters. The maximum atomic E-state index is 12.3. The van der Waals surface area contributed by atoms with Crippen molar-refractivity contribution in [1.82, 2.24) is 19.9 Å². The van der Waals surface area contributed by atoms with Crippen LogP contribution in [-0.2, 0) is 12.2 Å². The highest BCUT2D eigenvalue weighted by Crippen LogP contribution is 2.26. The van der Waals surface area contributed by atoms with E-state index < -0.39 is 0 Å². The molecule has 2 heterocycles. The average molecular weight is 486 g/mol. The lowest BCUT2D eigenvalue weighted by Crippen LogP contribution is -2.13. The lowest BCUT2D eigenvalue weighted by molar-refractivity contribution is 0.815. The summed E-state index contributed by atoms with van der Waals surface area (Å²) in [5.74, 6) is 0.917. The summed E-state index contributed by atoms with van der Waals surface area (Å²) in [7, 11) is 0. The number of nitrogens with zero attached hydrogens (tertiary/aromatic N) is 2. The first-order valence-electron chi connectivity index (χ1n) is 7.57. The van der Waals surface area contributed by atoms with E-state index in [0.29, 0.717) is 27.6 Å². The highest BCUT2D eigenvalue weighted by Gasteiger charge is 2.10. The van der Waals surface area contributed by atoms with Crippen molar-refractivity contribution in [2.75, 3.05) is 0 Å². The molecular formula is C16H14Br2N4O2S. The first-order chi connectivity index (χ1) is 12.0. The molecule has 0 aliphatic heterocycles. The zero-order chi connectivity index (χ0) is 18.0. The number of fused-ring (bicyclic) bond motifs is 1. The summed E-state index contributed by atoms with van der Waals surface area (Å²) < 4.78 is 1.54. The van der Waals surface area contributed by atoms with E-state index in [0.717, 1.165) is 27.5 Å². The number of halogens is 2. The van der Waals surface area contributed by atoms with Crippen LogP contribution in [0.25, 0.3) is 10.9 Å². The molecule has 3 rings (SSSR count). The minimum absolute atomic E-state index is 0.173. The second-order valence-corrected chi connectivity index (χ2v) is 8.11. The van der Waals surface area contributed by atoms with Gasteiger partial charge in [0.05, 0.1) is 16.7 Å². The Bertz CT molecular complexity index is 1050.